The molecule has 2 fully saturated rings. The first-order valence-electron chi connectivity index (χ1n) is 7.30. The molecule has 0 aromatic carbocycles. The first kappa shape index (κ1) is 13.5. The van der Waals surface area contributed by atoms with Crippen LogP contribution in [0, 0.1) is 5.92 Å². The lowest BCUT2D eigenvalue weighted by Gasteiger charge is -2.39. The third-order valence-corrected chi connectivity index (χ3v) is 4.11. The summed E-state index contributed by atoms with van der Waals surface area (Å²) in [6, 6.07) is 0.337. The Morgan fingerprint density at radius 3 is 3.30 bits per heavy atom. The predicted octanol–water partition coefficient (Wildman–Crippen LogP) is -0.449. The average molecular weight is 279 g/mol. The first-order chi connectivity index (χ1) is 9.83. The van der Waals surface area contributed by atoms with Gasteiger partial charge in [-0.05, 0) is 19.3 Å². The zero-order valence-electron chi connectivity index (χ0n) is 11.5. The predicted molar refractivity (Wildman–Crippen MR) is 71.9 cm³/mol. The molecule has 2 heterocycles. The van der Waals surface area contributed by atoms with Gasteiger partial charge < -0.3 is 15.4 Å². The normalized spacial score (nSPS) is 29.7. The molecule has 7 heteroatoms. The van der Waals surface area contributed by atoms with Gasteiger partial charge in [0.2, 0.25) is 5.91 Å². The van der Waals surface area contributed by atoms with Gasteiger partial charge in [-0.2, -0.15) is 0 Å². The lowest BCUT2D eigenvalue weighted by Crippen LogP contribution is -2.53. The monoisotopic (exact) mass is 279 g/mol. The van der Waals surface area contributed by atoms with Crippen LogP contribution in [-0.4, -0.2) is 52.7 Å². The van der Waals surface area contributed by atoms with Crippen LogP contribution < -0.4 is 10.6 Å². The second kappa shape index (κ2) is 6.32. The van der Waals surface area contributed by atoms with Gasteiger partial charge in [0, 0.05) is 31.2 Å². The van der Waals surface area contributed by atoms with Crippen molar-refractivity contribution in [3.8, 4) is 0 Å². The van der Waals surface area contributed by atoms with E-state index in [1.165, 1.54) is 0 Å². The SMILES string of the molecule is O=C(NCCn1ccnn1)[C@H]1CC[C@H]2OCCN[C@@H]2C1. The standard InChI is InChI=1S/C13H21N5O2/c19-13(15-3-6-18-7-4-16-17-18)10-1-2-12-11(9-10)14-5-8-20-12/h4,7,10-12,14H,1-3,5-6,8-9H2,(H,15,19)/t10-,11+,12+/m0/s1. The molecule has 1 aromatic heterocycles. The van der Waals surface area contributed by atoms with Crippen LogP contribution in [0.4, 0.5) is 0 Å². The number of amides is 1. The Labute approximate surface area is 118 Å². The van der Waals surface area contributed by atoms with Gasteiger partial charge in [0.25, 0.3) is 0 Å². The Hall–Kier alpha value is -1.47. The van der Waals surface area contributed by atoms with Gasteiger partial charge >= 0.3 is 0 Å². The van der Waals surface area contributed by atoms with Crippen molar-refractivity contribution >= 4 is 5.91 Å². The van der Waals surface area contributed by atoms with Crippen LogP contribution in [0.25, 0.3) is 0 Å². The van der Waals surface area contributed by atoms with Gasteiger partial charge in [0.15, 0.2) is 0 Å². The van der Waals surface area contributed by atoms with E-state index in [-0.39, 0.29) is 11.8 Å². The fourth-order valence-corrected chi connectivity index (χ4v) is 3.04. The number of carbonyl (C=O) groups is 1. The van der Waals surface area contributed by atoms with Gasteiger partial charge in [0.1, 0.15) is 0 Å². The topological polar surface area (TPSA) is 81.1 Å². The molecule has 3 rings (SSSR count). The molecule has 0 unspecified atom stereocenters. The van der Waals surface area contributed by atoms with Crippen LogP contribution in [0.2, 0.25) is 0 Å². The molecule has 1 aromatic rings. The average Bonchev–Trinajstić information content (AvgIpc) is 3.00. The summed E-state index contributed by atoms with van der Waals surface area (Å²) in [7, 11) is 0. The van der Waals surface area contributed by atoms with E-state index in [0.29, 0.717) is 25.2 Å². The lowest BCUT2D eigenvalue weighted by atomic mass is 9.82. The Bertz CT molecular complexity index is 436. The van der Waals surface area contributed by atoms with E-state index >= 15 is 0 Å². The van der Waals surface area contributed by atoms with Crippen molar-refractivity contribution in [2.45, 2.75) is 38.0 Å². The Morgan fingerprint density at radius 1 is 1.50 bits per heavy atom. The van der Waals surface area contributed by atoms with E-state index in [9.17, 15) is 4.79 Å². The van der Waals surface area contributed by atoms with Gasteiger partial charge in [-0.25, -0.2) is 0 Å². The van der Waals surface area contributed by atoms with Crippen molar-refractivity contribution in [1.29, 1.82) is 0 Å². The number of nitrogens with one attached hydrogen (secondary N) is 2. The fraction of sp³-hybridized carbons (Fsp3) is 0.769. The number of morpholine rings is 1. The maximum Gasteiger partial charge on any atom is 0.223 e. The van der Waals surface area contributed by atoms with Gasteiger partial charge in [-0.3, -0.25) is 9.48 Å². The lowest BCUT2D eigenvalue weighted by molar-refractivity contribution is -0.128. The Balaban J connectivity index is 1.43. The van der Waals surface area contributed by atoms with E-state index in [1.807, 2.05) is 0 Å². The summed E-state index contributed by atoms with van der Waals surface area (Å²) in [4.78, 5) is 12.2. The summed E-state index contributed by atoms with van der Waals surface area (Å²) in [5.74, 6) is 0.247. The molecule has 1 saturated carbocycles. The molecule has 0 spiro atoms. The van der Waals surface area contributed by atoms with Crippen molar-refractivity contribution in [3.05, 3.63) is 12.4 Å². The molecule has 1 amide bonds. The Morgan fingerprint density at radius 2 is 2.45 bits per heavy atom. The zero-order valence-corrected chi connectivity index (χ0v) is 11.5. The second-order valence-corrected chi connectivity index (χ2v) is 5.44. The van der Waals surface area contributed by atoms with Crippen molar-refractivity contribution < 1.29 is 9.53 Å². The summed E-state index contributed by atoms with van der Waals surface area (Å²) in [5, 5.41) is 14.0. The van der Waals surface area contributed by atoms with Crippen LogP contribution >= 0.6 is 0 Å². The highest BCUT2D eigenvalue weighted by Gasteiger charge is 2.35. The number of ether oxygens (including phenoxy) is 1. The molecule has 2 N–H and O–H groups in total. The summed E-state index contributed by atoms with van der Waals surface area (Å²) >= 11 is 0. The van der Waals surface area contributed by atoms with Crippen molar-refractivity contribution in [2.24, 2.45) is 5.92 Å². The zero-order chi connectivity index (χ0) is 13.8. The molecule has 20 heavy (non-hydrogen) atoms. The number of hydrogen-bond acceptors (Lipinski definition) is 5. The number of fused-ring (bicyclic) bond motifs is 1. The molecule has 1 saturated heterocycles. The second-order valence-electron chi connectivity index (χ2n) is 5.44. The minimum atomic E-state index is 0.0983. The summed E-state index contributed by atoms with van der Waals surface area (Å²) in [6.07, 6.45) is 6.48. The van der Waals surface area contributed by atoms with Gasteiger partial charge in [0.05, 0.1) is 25.5 Å². The maximum absolute atomic E-state index is 12.2. The van der Waals surface area contributed by atoms with Crippen LogP contribution in [0.3, 0.4) is 0 Å². The number of rotatable bonds is 4. The summed E-state index contributed by atoms with van der Waals surface area (Å²) < 4.78 is 7.44. The van der Waals surface area contributed by atoms with E-state index in [2.05, 4.69) is 20.9 Å². The molecule has 2 aliphatic rings. The largest absolute Gasteiger partial charge is 0.375 e. The fourth-order valence-electron chi connectivity index (χ4n) is 3.04. The number of hydrogen-bond donors (Lipinski definition) is 2. The summed E-state index contributed by atoms with van der Waals surface area (Å²) in [6.45, 7) is 2.93. The maximum atomic E-state index is 12.2. The molecule has 1 aliphatic heterocycles. The highest BCUT2D eigenvalue weighted by molar-refractivity contribution is 5.78. The minimum absolute atomic E-state index is 0.0983. The molecular formula is C13H21N5O2. The quantitative estimate of drug-likeness (QED) is 0.780. The molecule has 3 atom stereocenters. The molecule has 0 bridgehead atoms. The number of aromatic nitrogens is 3. The molecule has 1 aliphatic carbocycles. The van der Waals surface area contributed by atoms with Gasteiger partial charge in [-0.15, -0.1) is 5.10 Å². The van der Waals surface area contributed by atoms with E-state index in [0.717, 1.165) is 32.4 Å². The first-order valence-corrected chi connectivity index (χ1v) is 7.30. The third kappa shape index (κ3) is 3.16. The van der Waals surface area contributed by atoms with Crippen molar-refractivity contribution in [1.82, 2.24) is 25.6 Å². The molecule has 7 nitrogen and oxygen atoms in total. The van der Waals surface area contributed by atoms with E-state index in [4.69, 9.17) is 4.74 Å². The van der Waals surface area contributed by atoms with Crippen LogP contribution in [0.15, 0.2) is 12.4 Å². The van der Waals surface area contributed by atoms with Crippen LogP contribution in [0.5, 0.6) is 0 Å². The van der Waals surface area contributed by atoms with Crippen molar-refractivity contribution in [3.63, 3.8) is 0 Å². The molecule has 0 radical (unpaired) electrons. The van der Waals surface area contributed by atoms with Crippen molar-refractivity contribution in [2.75, 3.05) is 19.7 Å². The third-order valence-electron chi connectivity index (χ3n) is 4.11. The number of carbonyl (C=O) groups excluding carboxylic acids is 1. The van der Waals surface area contributed by atoms with Crippen LogP contribution in [0.1, 0.15) is 19.3 Å². The van der Waals surface area contributed by atoms with E-state index in [1.54, 1.807) is 17.1 Å². The smallest absolute Gasteiger partial charge is 0.223 e. The Kier molecular flexibility index (Phi) is 4.27. The van der Waals surface area contributed by atoms with E-state index < -0.39 is 0 Å². The molecule has 110 valence electrons. The van der Waals surface area contributed by atoms with Gasteiger partial charge in [-0.1, -0.05) is 5.21 Å². The van der Waals surface area contributed by atoms with Crippen LogP contribution in [-0.2, 0) is 16.1 Å². The highest BCUT2D eigenvalue weighted by atomic mass is 16.5. The minimum Gasteiger partial charge on any atom is -0.375 e. The summed E-state index contributed by atoms with van der Waals surface area (Å²) in [5.41, 5.74) is 0. The number of nitrogens with zero attached hydrogens (tertiary/aromatic N) is 3. The molecular weight excluding hydrogens is 258 g/mol. The highest BCUT2D eigenvalue weighted by Crippen LogP contribution is 2.28.